The predicted molar refractivity (Wildman–Crippen MR) is 70.8 cm³/mol. The normalized spacial score (nSPS) is 25.3. The molecular weight excluding hydrogens is 321 g/mol. The van der Waals surface area contributed by atoms with E-state index in [1.807, 2.05) is 0 Å². The number of nitrogens with two attached hydrogens (primary N) is 1. The third-order valence-electron chi connectivity index (χ3n) is 3.06. The topological polar surface area (TPSA) is 174 Å². The molecule has 2 rings (SSSR count). The summed E-state index contributed by atoms with van der Waals surface area (Å²) >= 11 is 0. The van der Waals surface area contributed by atoms with Crippen molar-refractivity contribution in [1.29, 1.82) is 0 Å². The zero-order valence-electron chi connectivity index (χ0n) is 11.1. The molecule has 1 fully saturated rings. The van der Waals surface area contributed by atoms with Crippen LogP contribution in [0.3, 0.4) is 0 Å². The Bertz CT molecular complexity index is 671. The lowest BCUT2D eigenvalue weighted by molar-refractivity contribution is -0.0450. The Morgan fingerprint density at radius 3 is 2.86 bits per heavy atom. The van der Waals surface area contributed by atoms with Crippen LogP contribution in [-0.2, 0) is 13.8 Å². The summed E-state index contributed by atoms with van der Waals surface area (Å²) in [6, 6.07) is 0. The number of nitrogens with zero attached hydrogens (tertiary/aromatic N) is 2. The number of hydrogen-bond acceptors (Lipinski definition) is 8. The Morgan fingerprint density at radius 2 is 2.27 bits per heavy atom. The lowest BCUT2D eigenvalue weighted by atomic mass is 10.2. The van der Waals surface area contributed by atoms with E-state index in [0.29, 0.717) is 6.29 Å². The Hall–Kier alpha value is -1.62. The minimum absolute atomic E-state index is 0.0207. The standard InChI is InChI=1S/C10H14N3O8P/c11-9-5(3-14)2-13(10(16)12-9)8-1-6(15)7(21-8)4-20-22(17,18)19/h2-3,6-8,15H,1,4H2,(H2,11,12,16)(H2,17,18,19). The van der Waals surface area contributed by atoms with Gasteiger partial charge in [0, 0.05) is 12.6 Å². The van der Waals surface area contributed by atoms with E-state index in [2.05, 4.69) is 9.51 Å². The summed E-state index contributed by atoms with van der Waals surface area (Å²) in [6.45, 7) is -0.556. The van der Waals surface area contributed by atoms with E-state index < -0.39 is 38.6 Å². The second-order valence-electron chi connectivity index (χ2n) is 4.61. The minimum atomic E-state index is -4.70. The molecule has 2 heterocycles. The van der Waals surface area contributed by atoms with Gasteiger partial charge in [-0.25, -0.2) is 9.36 Å². The molecule has 0 aliphatic carbocycles. The van der Waals surface area contributed by atoms with Crippen LogP contribution in [0.25, 0.3) is 0 Å². The van der Waals surface area contributed by atoms with Gasteiger partial charge in [0.25, 0.3) is 0 Å². The predicted octanol–water partition coefficient (Wildman–Crippen LogP) is -1.60. The molecule has 0 amide bonds. The van der Waals surface area contributed by atoms with Gasteiger partial charge in [-0.3, -0.25) is 13.9 Å². The zero-order chi connectivity index (χ0) is 16.5. The number of hydrogen-bond donors (Lipinski definition) is 4. The molecular formula is C10H14N3O8P. The second-order valence-corrected chi connectivity index (χ2v) is 5.85. The SMILES string of the molecule is Nc1nc(=O)n(C2CC(O)C(COP(=O)(O)O)O2)cc1C=O. The van der Waals surface area contributed by atoms with Crippen LogP contribution in [0.4, 0.5) is 5.82 Å². The largest absolute Gasteiger partial charge is 0.469 e. The van der Waals surface area contributed by atoms with E-state index in [1.165, 1.54) is 0 Å². The van der Waals surface area contributed by atoms with Gasteiger partial charge in [-0.05, 0) is 0 Å². The summed E-state index contributed by atoms with van der Waals surface area (Å²) in [5.41, 5.74) is 4.60. The number of carbonyl (C=O) groups excluding carboxylic acids is 1. The first-order valence-electron chi connectivity index (χ1n) is 6.08. The molecule has 122 valence electrons. The molecule has 1 aromatic heterocycles. The van der Waals surface area contributed by atoms with Crippen LogP contribution in [0.1, 0.15) is 23.0 Å². The van der Waals surface area contributed by atoms with Gasteiger partial charge < -0.3 is 25.4 Å². The number of aldehydes is 1. The van der Waals surface area contributed by atoms with E-state index in [-0.39, 0.29) is 17.8 Å². The van der Waals surface area contributed by atoms with Crippen LogP contribution in [0, 0.1) is 0 Å². The number of phosphoric acid groups is 1. The van der Waals surface area contributed by atoms with E-state index in [0.717, 1.165) is 10.8 Å². The molecule has 1 aliphatic heterocycles. The van der Waals surface area contributed by atoms with Crippen molar-refractivity contribution in [2.45, 2.75) is 24.9 Å². The number of anilines is 1. The molecule has 12 heteroatoms. The van der Waals surface area contributed by atoms with Crippen molar-refractivity contribution in [3.63, 3.8) is 0 Å². The maximum atomic E-state index is 11.8. The number of carbonyl (C=O) groups is 1. The molecule has 22 heavy (non-hydrogen) atoms. The third kappa shape index (κ3) is 3.77. The average molecular weight is 335 g/mol. The first-order chi connectivity index (χ1) is 10.2. The smallest absolute Gasteiger partial charge is 0.390 e. The van der Waals surface area contributed by atoms with E-state index in [9.17, 15) is 19.3 Å². The number of aromatic nitrogens is 2. The maximum absolute atomic E-state index is 11.8. The molecule has 1 aromatic rings. The average Bonchev–Trinajstić information content (AvgIpc) is 2.77. The molecule has 0 spiro atoms. The van der Waals surface area contributed by atoms with Crippen molar-refractivity contribution in [3.8, 4) is 0 Å². The van der Waals surface area contributed by atoms with Crippen LogP contribution in [0.5, 0.6) is 0 Å². The summed E-state index contributed by atoms with van der Waals surface area (Å²) < 4.78 is 21.2. The van der Waals surface area contributed by atoms with Crippen LogP contribution >= 0.6 is 7.82 Å². The molecule has 0 radical (unpaired) electrons. The van der Waals surface area contributed by atoms with Gasteiger partial charge in [-0.2, -0.15) is 4.98 Å². The van der Waals surface area contributed by atoms with Gasteiger partial charge in [-0.15, -0.1) is 0 Å². The van der Waals surface area contributed by atoms with Crippen LogP contribution in [0.15, 0.2) is 11.0 Å². The van der Waals surface area contributed by atoms with Gasteiger partial charge in [0.05, 0.1) is 18.3 Å². The fourth-order valence-corrected chi connectivity index (χ4v) is 2.34. The summed E-state index contributed by atoms with van der Waals surface area (Å²) in [7, 11) is -4.70. The summed E-state index contributed by atoms with van der Waals surface area (Å²) in [4.78, 5) is 43.3. The molecule has 0 aromatic carbocycles. The molecule has 3 atom stereocenters. The first-order valence-corrected chi connectivity index (χ1v) is 7.61. The summed E-state index contributed by atoms with van der Waals surface area (Å²) in [6.07, 6.45) is -1.60. The Morgan fingerprint density at radius 1 is 1.59 bits per heavy atom. The van der Waals surface area contributed by atoms with Gasteiger partial charge in [-0.1, -0.05) is 0 Å². The molecule has 1 saturated heterocycles. The van der Waals surface area contributed by atoms with Crippen molar-refractivity contribution in [1.82, 2.24) is 9.55 Å². The number of nitrogen functional groups attached to an aromatic ring is 1. The van der Waals surface area contributed by atoms with E-state index in [4.69, 9.17) is 20.3 Å². The lowest BCUT2D eigenvalue weighted by Crippen LogP contribution is -2.29. The molecule has 1 aliphatic rings. The van der Waals surface area contributed by atoms with Crippen molar-refractivity contribution >= 4 is 19.9 Å². The highest BCUT2D eigenvalue weighted by atomic mass is 31.2. The van der Waals surface area contributed by atoms with Crippen LogP contribution in [-0.4, -0.2) is 49.5 Å². The highest BCUT2D eigenvalue weighted by molar-refractivity contribution is 7.46. The van der Waals surface area contributed by atoms with Gasteiger partial charge in [0.15, 0.2) is 6.29 Å². The summed E-state index contributed by atoms with van der Waals surface area (Å²) in [5, 5.41) is 9.80. The third-order valence-corrected chi connectivity index (χ3v) is 3.54. The Labute approximate surface area is 123 Å². The van der Waals surface area contributed by atoms with Gasteiger partial charge >= 0.3 is 13.5 Å². The first kappa shape index (κ1) is 16.7. The highest BCUT2D eigenvalue weighted by Crippen LogP contribution is 2.38. The molecule has 11 nitrogen and oxygen atoms in total. The van der Waals surface area contributed by atoms with Gasteiger partial charge in [0.1, 0.15) is 18.1 Å². The van der Waals surface area contributed by atoms with Crippen LogP contribution < -0.4 is 11.4 Å². The fraction of sp³-hybridized carbons (Fsp3) is 0.500. The quantitative estimate of drug-likeness (QED) is 0.362. The number of rotatable bonds is 5. The highest BCUT2D eigenvalue weighted by Gasteiger charge is 2.37. The summed E-state index contributed by atoms with van der Waals surface area (Å²) in [5.74, 6) is -0.226. The lowest BCUT2D eigenvalue weighted by Gasteiger charge is -2.16. The van der Waals surface area contributed by atoms with Crippen molar-refractivity contribution < 1.29 is 33.5 Å². The number of phosphoric ester groups is 1. The number of aliphatic hydroxyl groups excluding tert-OH is 1. The van der Waals surface area contributed by atoms with Gasteiger partial charge in [0.2, 0.25) is 0 Å². The van der Waals surface area contributed by atoms with Crippen LogP contribution in [0.2, 0.25) is 0 Å². The molecule has 5 N–H and O–H groups in total. The minimum Gasteiger partial charge on any atom is -0.390 e. The monoisotopic (exact) mass is 335 g/mol. The molecule has 0 bridgehead atoms. The van der Waals surface area contributed by atoms with E-state index in [1.54, 1.807) is 0 Å². The number of aliphatic hydroxyl groups is 1. The second kappa shape index (κ2) is 6.24. The number of ether oxygens (including phenoxy) is 1. The van der Waals surface area contributed by atoms with Crippen molar-refractivity contribution in [2.24, 2.45) is 0 Å². The zero-order valence-corrected chi connectivity index (χ0v) is 12.0. The molecule has 0 saturated carbocycles. The van der Waals surface area contributed by atoms with E-state index >= 15 is 0 Å². The maximum Gasteiger partial charge on any atom is 0.469 e. The molecule has 3 unspecified atom stereocenters. The van der Waals surface area contributed by atoms with Crippen molar-refractivity contribution in [2.75, 3.05) is 12.3 Å². The van der Waals surface area contributed by atoms with Crippen molar-refractivity contribution in [3.05, 3.63) is 22.2 Å². The Kier molecular flexibility index (Phi) is 4.75. The Balaban J connectivity index is 2.17. The fourth-order valence-electron chi connectivity index (χ4n) is 2.00.